The van der Waals surface area contributed by atoms with Gasteiger partial charge in [-0.25, -0.2) is 4.79 Å². The Balaban J connectivity index is 1.95. The van der Waals surface area contributed by atoms with Crippen LogP contribution in [0.1, 0.15) is 27.0 Å². The third-order valence-electron chi connectivity index (χ3n) is 3.45. The normalized spacial score (nSPS) is 16.1. The number of aryl methyl sites for hydroxylation is 1. The number of carboxylic acids is 1. The monoisotopic (exact) mass is 326 g/mol. The molecule has 0 radical (unpaired) electrons. The second kappa shape index (κ2) is 5.81. The molecular formula is C17H14N2O3S. The largest absolute Gasteiger partial charge is 0.478 e. The molecule has 1 N–H and O–H groups in total. The molecule has 0 fully saturated rings. The second-order valence-electron chi connectivity index (χ2n) is 5.16. The van der Waals surface area contributed by atoms with Crippen molar-refractivity contribution in [1.82, 2.24) is 0 Å². The highest BCUT2D eigenvalue weighted by Gasteiger charge is 2.29. The fourth-order valence-electron chi connectivity index (χ4n) is 2.30. The molecule has 2 aromatic rings. The number of hydrogen-bond donors (Lipinski definition) is 1. The maximum atomic E-state index is 12.6. The number of carbonyl (C=O) groups excluding carboxylic acids is 1. The summed E-state index contributed by atoms with van der Waals surface area (Å²) < 4.78 is 0. The van der Waals surface area contributed by atoms with E-state index in [1.165, 1.54) is 22.0 Å². The molecule has 2 heterocycles. The van der Waals surface area contributed by atoms with Crippen molar-refractivity contribution in [2.75, 3.05) is 5.01 Å². The number of anilines is 1. The molecule has 1 aromatic carbocycles. The van der Waals surface area contributed by atoms with E-state index in [1.54, 1.807) is 30.4 Å². The van der Waals surface area contributed by atoms with E-state index in [2.05, 4.69) is 5.10 Å². The van der Waals surface area contributed by atoms with Crippen molar-refractivity contribution in [3.8, 4) is 0 Å². The summed E-state index contributed by atoms with van der Waals surface area (Å²) in [6.07, 6.45) is 1.82. The summed E-state index contributed by atoms with van der Waals surface area (Å²) in [6.45, 7) is 3.78. The van der Waals surface area contributed by atoms with Crippen LogP contribution in [0.15, 0.2) is 47.1 Å². The van der Waals surface area contributed by atoms with E-state index in [0.29, 0.717) is 17.0 Å². The molecule has 6 heteroatoms. The van der Waals surface area contributed by atoms with Crippen LogP contribution in [-0.4, -0.2) is 22.7 Å². The van der Waals surface area contributed by atoms with Crippen LogP contribution in [0.2, 0.25) is 0 Å². The highest BCUT2D eigenvalue weighted by molar-refractivity contribution is 7.12. The quantitative estimate of drug-likeness (QED) is 0.877. The molecule has 0 saturated heterocycles. The molecule has 1 amide bonds. The standard InChI is InChI=1S/C17H14N2O3S/c1-10-6-7-14(23-10)9-15-11(2)18-19(16(15)20)13-5-3-4-12(8-13)17(21)22/h3-9H,1-2H3,(H,21,22)/b15-9-. The van der Waals surface area contributed by atoms with Gasteiger partial charge in [0.05, 0.1) is 22.5 Å². The molecule has 0 atom stereocenters. The molecule has 3 rings (SSSR count). The Morgan fingerprint density at radius 2 is 2.04 bits per heavy atom. The van der Waals surface area contributed by atoms with Gasteiger partial charge in [0.15, 0.2) is 0 Å². The molecule has 1 aliphatic rings. The number of aromatic carboxylic acids is 1. The molecule has 1 aromatic heterocycles. The lowest BCUT2D eigenvalue weighted by Crippen LogP contribution is -2.21. The van der Waals surface area contributed by atoms with Crippen LogP contribution in [0.25, 0.3) is 6.08 Å². The summed E-state index contributed by atoms with van der Waals surface area (Å²) in [6, 6.07) is 10.1. The summed E-state index contributed by atoms with van der Waals surface area (Å²) in [5.74, 6) is -1.29. The Kier molecular flexibility index (Phi) is 3.83. The average molecular weight is 326 g/mol. The zero-order chi connectivity index (χ0) is 16.6. The van der Waals surface area contributed by atoms with E-state index < -0.39 is 5.97 Å². The predicted molar refractivity (Wildman–Crippen MR) is 91.0 cm³/mol. The molecule has 0 saturated carbocycles. The van der Waals surface area contributed by atoms with Crippen LogP contribution in [0, 0.1) is 6.92 Å². The number of amides is 1. The zero-order valence-corrected chi connectivity index (χ0v) is 13.4. The van der Waals surface area contributed by atoms with E-state index >= 15 is 0 Å². The van der Waals surface area contributed by atoms with Gasteiger partial charge >= 0.3 is 5.97 Å². The SMILES string of the molecule is CC1=NN(c2cccc(C(=O)O)c2)C(=O)/C1=C\c1ccc(C)s1. The van der Waals surface area contributed by atoms with Crippen LogP contribution in [0.5, 0.6) is 0 Å². The first kappa shape index (κ1) is 15.2. The molecule has 5 nitrogen and oxygen atoms in total. The lowest BCUT2D eigenvalue weighted by molar-refractivity contribution is -0.114. The molecule has 23 heavy (non-hydrogen) atoms. The van der Waals surface area contributed by atoms with Crippen molar-refractivity contribution in [2.45, 2.75) is 13.8 Å². The first-order valence-electron chi connectivity index (χ1n) is 6.97. The summed E-state index contributed by atoms with van der Waals surface area (Å²) in [7, 11) is 0. The van der Waals surface area contributed by atoms with Gasteiger partial charge in [-0.3, -0.25) is 4.79 Å². The summed E-state index contributed by atoms with van der Waals surface area (Å²) in [5.41, 5.74) is 1.70. The van der Waals surface area contributed by atoms with Crippen molar-refractivity contribution in [1.29, 1.82) is 0 Å². The maximum Gasteiger partial charge on any atom is 0.335 e. The number of carboxylic acid groups (broad SMARTS) is 1. The molecule has 0 spiro atoms. The number of carbonyl (C=O) groups is 2. The van der Waals surface area contributed by atoms with Crippen molar-refractivity contribution in [3.63, 3.8) is 0 Å². The van der Waals surface area contributed by atoms with Gasteiger partial charge in [0.1, 0.15) is 0 Å². The van der Waals surface area contributed by atoms with Crippen molar-refractivity contribution in [2.24, 2.45) is 5.10 Å². The maximum absolute atomic E-state index is 12.6. The highest BCUT2D eigenvalue weighted by Crippen LogP contribution is 2.27. The van der Waals surface area contributed by atoms with Gasteiger partial charge in [0.2, 0.25) is 0 Å². The van der Waals surface area contributed by atoms with Gasteiger partial charge in [-0.1, -0.05) is 6.07 Å². The third kappa shape index (κ3) is 2.93. The van der Waals surface area contributed by atoms with Gasteiger partial charge in [0.25, 0.3) is 5.91 Å². The number of nitrogens with zero attached hydrogens (tertiary/aromatic N) is 2. The molecule has 0 bridgehead atoms. The lowest BCUT2D eigenvalue weighted by Gasteiger charge is -2.12. The van der Waals surface area contributed by atoms with Crippen molar-refractivity contribution < 1.29 is 14.7 Å². The van der Waals surface area contributed by atoms with E-state index in [1.807, 2.05) is 25.1 Å². The Hall–Kier alpha value is -2.73. The fraction of sp³-hybridized carbons (Fsp3) is 0.118. The summed E-state index contributed by atoms with van der Waals surface area (Å²) in [4.78, 5) is 25.8. The zero-order valence-electron chi connectivity index (χ0n) is 12.6. The van der Waals surface area contributed by atoms with Crippen molar-refractivity contribution >= 4 is 40.7 Å². The van der Waals surface area contributed by atoms with E-state index in [9.17, 15) is 9.59 Å². The fourth-order valence-corrected chi connectivity index (χ4v) is 3.12. The second-order valence-corrected chi connectivity index (χ2v) is 6.48. The van der Waals surface area contributed by atoms with Crippen LogP contribution in [-0.2, 0) is 4.79 Å². The highest BCUT2D eigenvalue weighted by atomic mass is 32.1. The van der Waals surface area contributed by atoms with Gasteiger partial charge < -0.3 is 5.11 Å². The van der Waals surface area contributed by atoms with E-state index in [-0.39, 0.29) is 11.5 Å². The average Bonchev–Trinajstić information content (AvgIpc) is 3.05. The van der Waals surface area contributed by atoms with Crippen molar-refractivity contribution in [3.05, 3.63) is 57.3 Å². The molecule has 0 aliphatic carbocycles. The van der Waals surface area contributed by atoms with Crippen LogP contribution in [0.3, 0.4) is 0 Å². The third-order valence-corrected chi connectivity index (χ3v) is 4.40. The predicted octanol–water partition coefficient (Wildman–Crippen LogP) is 3.56. The molecule has 116 valence electrons. The van der Waals surface area contributed by atoms with Gasteiger partial charge in [-0.15, -0.1) is 11.3 Å². The summed E-state index contributed by atoms with van der Waals surface area (Å²) >= 11 is 1.60. The summed E-state index contributed by atoms with van der Waals surface area (Å²) in [5, 5.41) is 14.6. The molecular weight excluding hydrogens is 312 g/mol. The first-order chi connectivity index (χ1) is 11.0. The Morgan fingerprint density at radius 1 is 1.26 bits per heavy atom. The van der Waals surface area contributed by atoms with Crippen LogP contribution >= 0.6 is 11.3 Å². The van der Waals surface area contributed by atoms with Gasteiger partial charge in [0, 0.05) is 9.75 Å². The smallest absolute Gasteiger partial charge is 0.335 e. The Labute approximate surface area is 137 Å². The Morgan fingerprint density at radius 3 is 2.70 bits per heavy atom. The minimum Gasteiger partial charge on any atom is -0.478 e. The first-order valence-corrected chi connectivity index (χ1v) is 7.79. The molecule has 0 unspecified atom stereocenters. The molecule has 1 aliphatic heterocycles. The van der Waals surface area contributed by atoms with Gasteiger partial charge in [-0.05, 0) is 50.3 Å². The number of hydrogen-bond acceptors (Lipinski definition) is 4. The van der Waals surface area contributed by atoms with Gasteiger partial charge in [-0.2, -0.15) is 10.1 Å². The Bertz CT molecular complexity index is 864. The minimum atomic E-state index is -1.04. The van der Waals surface area contributed by atoms with Crippen LogP contribution in [0.4, 0.5) is 5.69 Å². The minimum absolute atomic E-state index is 0.120. The van der Waals surface area contributed by atoms with Crippen LogP contribution < -0.4 is 5.01 Å². The number of hydrazone groups is 1. The number of thiophene rings is 1. The lowest BCUT2D eigenvalue weighted by atomic mass is 10.1. The number of benzene rings is 1. The number of rotatable bonds is 3. The van der Waals surface area contributed by atoms with E-state index in [0.717, 1.165) is 4.88 Å². The topological polar surface area (TPSA) is 70.0 Å². The van der Waals surface area contributed by atoms with E-state index in [4.69, 9.17) is 5.11 Å².